The molecule has 172 valence electrons. The second kappa shape index (κ2) is 8.80. The minimum absolute atomic E-state index is 0.241. The molecule has 0 saturated heterocycles. The van der Waals surface area contributed by atoms with Crippen LogP contribution in [-0.2, 0) is 25.4 Å². The quantitative estimate of drug-likeness (QED) is 0.317. The standard InChI is InChI=1S/C24H23F4N5/c1-14-10-19-17(13-30-22(19)29-12-14)11-16-5-8-18(31-21(16)25)7-4-15-6-9-20(24(26,27)28)32-23(15)33(2)3/h5-6,8-10,12-13H,4,7,11H2,1-3H3,(H,29,30). The van der Waals surface area contributed by atoms with E-state index in [0.717, 1.165) is 28.2 Å². The number of H-pyrrole nitrogens is 1. The van der Waals surface area contributed by atoms with Crippen LogP contribution in [0.5, 0.6) is 0 Å². The molecule has 0 amide bonds. The molecule has 0 aliphatic rings. The molecule has 4 aromatic heterocycles. The number of hydrogen-bond donors (Lipinski definition) is 1. The van der Waals surface area contributed by atoms with Gasteiger partial charge in [0.2, 0.25) is 5.95 Å². The van der Waals surface area contributed by atoms with Crippen LogP contribution in [0.25, 0.3) is 11.0 Å². The number of aromatic nitrogens is 4. The normalized spacial score (nSPS) is 11.8. The number of fused-ring (bicyclic) bond motifs is 1. The maximum Gasteiger partial charge on any atom is 0.433 e. The van der Waals surface area contributed by atoms with E-state index in [4.69, 9.17) is 0 Å². The number of aryl methyl sites for hydroxylation is 3. The van der Waals surface area contributed by atoms with Crippen LogP contribution in [-0.4, -0.2) is 34.0 Å². The summed E-state index contributed by atoms with van der Waals surface area (Å²) in [7, 11) is 3.28. The van der Waals surface area contributed by atoms with Gasteiger partial charge in [-0.2, -0.15) is 17.6 Å². The van der Waals surface area contributed by atoms with Crippen molar-refractivity contribution in [1.82, 2.24) is 19.9 Å². The van der Waals surface area contributed by atoms with E-state index in [0.29, 0.717) is 36.1 Å². The fraction of sp³-hybridized carbons (Fsp3) is 0.292. The van der Waals surface area contributed by atoms with Gasteiger partial charge in [-0.1, -0.05) is 12.1 Å². The van der Waals surface area contributed by atoms with Gasteiger partial charge in [-0.05, 0) is 54.7 Å². The molecule has 4 rings (SSSR count). The molecule has 0 atom stereocenters. The zero-order valence-electron chi connectivity index (χ0n) is 18.5. The summed E-state index contributed by atoms with van der Waals surface area (Å²) < 4.78 is 53.8. The summed E-state index contributed by atoms with van der Waals surface area (Å²) in [5.41, 5.74) is 3.39. The molecule has 5 nitrogen and oxygen atoms in total. The highest BCUT2D eigenvalue weighted by atomic mass is 19.4. The Morgan fingerprint density at radius 2 is 1.73 bits per heavy atom. The van der Waals surface area contributed by atoms with Crippen LogP contribution in [0, 0.1) is 12.9 Å². The lowest BCUT2D eigenvalue weighted by Gasteiger charge is -2.18. The molecule has 0 aliphatic heterocycles. The molecule has 1 N–H and O–H groups in total. The van der Waals surface area contributed by atoms with Crippen LogP contribution in [0.4, 0.5) is 23.4 Å². The Balaban J connectivity index is 1.50. The van der Waals surface area contributed by atoms with Crippen molar-refractivity contribution in [2.75, 3.05) is 19.0 Å². The maximum atomic E-state index is 14.8. The highest BCUT2D eigenvalue weighted by molar-refractivity contribution is 5.80. The van der Waals surface area contributed by atoms with E-state index in [1.54, 1.807) is 37.3 Å². The molecule has 0 unspecified atom stereocenters. The van der Waals surface area contributed by atoms with Crippen LogP contribution in [0.1, 0.15) is 33.6 Å². The number of nitrogens with one attached hydrogen (secondary N) is 1. The molecular weight excluding hydrogens is 434 g/mol. The maximum absolute atomic E-state index is 14.8. The van der Waals surface area contributed by atoms with Crippen molar-refractivity contribution in [1.29, 1.82) is 0 Å². The van der Waals surface area contributed by atoms with Crippen LogP contribution in [0.2, 0.25) is 0 Å². The fourth-order valence-electron chi connectivity index (χ4n) is 3.77. The minimum Gasteiger partial charge on any atom is -0.363 e. The van der Waals surface area contributed by atoms with Gasteiger partial charge in [0.25, 0.3) is 0 Å². The summed E-state index contributed by atoms with van der Waals surface area (Å²) >= 11 is 0. The van der Waals surface area contributed by atoms with Crippen LogP contribution < -0.4 is 4.90 Å². The minimum atomic E-state index is -4.51. The highest BCUT2D eigenvalue weighted by Gasteiger charge is 2.33. The molecule has 0 aliphatic carbocycles. The average Bonchev–Trinajstić information content (AvgIpc) is 3.15. The number of rotatable bonds is 6. The first-order valence-corrected chi connectivity index (χ1v) is 10.4. The third-order valence-corrected chi connectivity index (χ3v) is 5.44. The highest BCUT2D eigenvalue weighted by Crippen LogP contribution is 2.30. The smallest absolute Gasteiger partial charge is 0.363 e. The molecule has 0 aromatic carbocycles. The average molecular weight is 457 g/mol. The Kier molecular flexibility index (Phi) is 6.05. The lowest BCUT2D eigenvalue weighted by molar-refractivity contribution is -0.141. The second-order valence-corrected chi connectivity index (χ2v) is 8.22. The van der Waals surface area contributed by atoms with Gasteiger partial charge in [-0.15, -0.1) is 0 Å². The Hall–Kier alpha value is -3.49. The van der Waals surface area contributed by atoms with Crippen molar-refractivity contribution >= 4 is 16.9 Å². The van der Waals surface area contributed by atoms with Gasteiger partial charge in [0, 0.05) is 49.6 Å². The van der Waals surface area contributed by atoms with Gasteiger partial charge in [0.05, 0.1) is 0 Å². The van der Waals surface area contributed by atoms with Gasteiger partial charge >= 0.3 is 6.18 Å². The number of aromatic amines is 1. The van der Waals surface area contributed by atoms with Gasteiger partial charge < -0.3 is 9.88 Å². The van der Waals surface area contributed by atoms with E-state index in [9.17, 15) is 17.6 Å². The second-order valence-electron chi connectivity index (χ2n) is 8.22. The molecule has 4 aromatic rings. The Morgan fingerprint density at radius 3 is 2.42 bits per heavy atom. The number of halogens is 4. The molecule has 9 heteroatoms. The van der Waals surface area contributed by atoms with Crippen molar-refractivity contribution in [3.63, 3.8) is 0 Å². The van der Waals surface area contributed by atoms with E-state index >= 15 is 0 Å². The molecule has 0 radical (unpaired) electrons. The van der Waals surface area contributed by atoms with Crippen molar-refractivity contribution in [2.24, 2.45) is 0 Å². The summed E-state index contributed by atoms with van der Waals surface area (Å²) in [6, 6.07) is 7.86. The number of alkyl halides is 3. The third kappa shape index (κ3) is 4.97. The number of hydrogen-bond acceptors (Lipinski definition) is 4. The third-order valence-electron chi connectivity index (χ3n) is 5.44. The van der Waals surface area contributed by atoms with Gasteiger partial charge in [-0.25, -0.2) is 15.0 Å². The predicted octanol–water partition coefficient (Wildman–Crippen LogP) is 5.26. The van der Waals surface area contributed by atoms with Gasteiger partial charge in [0.1, 0.15) is 17.2 Å². The zero-order chi connectivity index (χ0) is 23.8. The van der Waals surface area contributed by atoms with Gasteiger partial charge in [-0.3, -0.25) is 0 Å². The van der Waals surface area contributed by atoms with E-state index in [1.807, 2.05) is 19.2 Å². The predicted molar refractivity (Wildman–Crippen MR) is 119 cm³/mol. The van der Waals surface area contributed by atoms with Crippen molar-refractivity contribution in [3.8, 4) is 0 Å². The van der Waals surface area contributed by atoms with Crippen LogP contribution in [0.3, 0.4) is 0 Å². The Labute approximate surface area is 188 Å². The molecule has 33 heavy (non-hydrogen) atoms. The fourth-order valence-corrected chi connectivity index (χ4v) is 3.77. The molecule has 4 heterocycles. The summed E-state index contributed by atoms with van der Waals surface area (Å²) in [5, 5.41) is 0.949. The van der Waals surface area contributed by atoms with Crippen molar-refractivity contribution < 1.29 is 17.6 Å². The first-order valence-electron chi connectivity index (χ1n) is 10.4. The van der Waals surface area contributed by atoms with E-state index in [1.165, 1.54) is 6.07 Å². The summed E-state index contributed by atoms with van der Waals surface area (Å²) in [6.07, 6.45) is 0.221. The lowest BCUT2D eigenvalue weighted by atomic mass is 10.0. The zero-order valence-corrected chi connectivity index (χ0v) is 18.5. The van der Waals surface area contributed by atoms with Crippen LogP contribution >= 0.6 is 0 Å². The van der Waals surface area contributed by atoms with E-state index in [2.05, 4.69) is 19.9 Å². The number of pyridine rings is 3. The van der Waals surface area contributed by atoms with E-state index < -0.39 is 17.8 Å². The van der Waals surface area contributed by atoms with Gasteiger partial charge in [0.15, 0.2) is 0 Å². The molecule has 0 spiro atoms. The van der Waals surface area contributed by atoms with E-state index in [-0.39, 0.29) is 5.82 Å². The summed E-state index contributed by atoms with van der Waals surface area (Å²) in [5.74, 6) is -0.314. The molecule has 0 bridgehead atoms. The first kappa shape index (κ1) is 22.7. The Morgan fingerprint density at radius 1 is 0.970 bits per heavy atom. The number of anilines is 1. The largest absolute Gasteiger partial charge is 0.433 e. The first-order chi connectivity index (χ1) is 15.6. The monoisotopic (exact) mass is 457 g/mol. The summed E-state index contributed by atoms with van der Waals surface area (Å²) in [6.45, 7) is 1.95. The molecule has 0 fully saturated rings. The SMILES string of the molecule is Cc1cnc2[nH]cc(Cc3ccc(CCc4ccc(C(F)(F)F)nc4N(C)C)nc3F)c2c1. The summed E-state index contributed by atoms with van der Waals surface area (Å²) in [4.78, 5) is 16.8. The van der Waals surface area contributed by atoms with Crippen molar-refractivity contribution in [3.05, 3.63) is 82.3 Å². The Bertz CT molecular complexity index is 1290. The molecule has 0 saturated carbocycles. The lowest BCUT2D eigenvalue weighted by Crippen LogP contribution is -2.17. The molecular formula is C24H23F4N5. The van der Waals surface area contributed by atoms with Crippen LogP contribution in [0.15, 0.2) is 42.7 Å². The topological polar surface area (TPSA) is 57.7 Å². The van der Waals surface area contributed by atoms with Crippen molar-refractivity contribution in [2.45, 2.75) is 32.4 Å². The number of nitrogens with zero attached hydrogens (tertiary/aromatic N) is 4.